The Kier molecular flexibility index (Phi) is 8.93. The number of carbonyl (C=O) groups excluding carboxylic acids is 2. The molecule has 39 heavy (non-hydrogen) atoms. The first-order valence-electron chi connectivity index (χ1n) is 13.0. The molecule has 4 rings (SSSR count). The number of imidazole rings is 1. The van der Waals surface area contributed by atoms with Crippen LogP contribution in [-0.4, -0.2) is 59.1 Å². The average Bonchev–Trinajstić information content (AvgIpc) is 3.42. The highest BCUT2D eigenvalue weighted by atomic mass is 19.4. The van der Waals surface area contributed by atoms with Crippen molar-refractivity contribution in [2.24, 2.45) is 0 Å². The van der Waals surface area contributed by atoms with Crippen LogP contribution >= 0.6 is 0 Å². The molecule has 1 fully saturated rings. The highest BCUT2D eigenvalue weighted by molar-refractivity contribution is 5.88. The normalized spacial score (nSPS) is 15.3. The van der Waals surface area contributed by atoms with Crippen molar-refractivity contribution in [1.82, 2.24) is 20.2 Å². The van der Waals surface area contributed by atoms with Gasteiger partial charge in [0.05, 0.1) is 19.1 Å². The molecular weight excluding hydrogens is 509 g/mol. The summed E-state index contributed by atoms with van der Waals surface area (Å²) in [5, 5.41) is 2.89. The van der Waals surface area contributed by atoms with Crippen LogP contribution in [0.1, 0.15) is 42.5 Å². The molecule has 2 amide bonds. The molecule has 1 saturated heterocycles. The Bertz CT molecular complexity index is 1210. The van der Waals surface area contributed by atoms with Gasteiger partial charge < -0.3 is 19.9 Å². The smallest absolute Gasteiger partial charge is 0.389 e. The number of aryl methyl sites for hydroxylation is 1. The lowest BCUT2D eigenvalue weighted by atomic mass is 9.70. The minimum absolute atomic E-state index is 0.0143. The Morgan fingerprint density at radius 2 is 1.85 bits per heavy atom. The molecule has 10 heteroatoms. The van der Waals surface area contributed by atoms with Gasteiger partial charge in [-0.05, 0) is 42.5 Å². The predicted octanol–water partition coefficient (Wildman–Crippen LogP) is 4.59. The maximum Gasteiger partial charge on any atom is 0.389 e. The number of H-pyrrole nitrogens is 1. The Balaban J connectivity index is 1.46. The van der Waals surface area contributed by atoms with E-state index >= 15 is 0 Å². The average molecular weight is 543 g/mol. The third-order valence-electron chi connectivity index (χ3n) is 7.20. The fourth-order valence-electron chi connectivity index (χ4n) is 5.10. The summed E-state index contributed by atoms with van der Waals surface area (Å²) in [7, 11) is 1.57. The van der Waals surface area contributed by atoms with Crippen LogP contribution in [0.15, 0.2) is 67.1 Å². The molecule has 0 aliphatic carbocycles. The Morgan fingerprint density at radius 3 is 2.46 bits per heavy atom. The Labute approximate surface area is 225 Å². The highest BCUT2D eigenvalue weighted by Crippen LogP contribution is 2.40. The van der Waals surface area contributed by atoms with E-state index in [1.807, 2.05) is 42.5 Å². The van der Waals surface area contributed by atoms with E-state index in [9.17, 15) is 22.8 Å². The number of aromatic amines is 1. The van der Waals surface area contributed by atoms with E-state index < -0.39 is 24.1 Å². The number of benzene rings is 2. The summed E-state index contributed by atoms with van der Waals surface area (Å²) >= 11 is 0. The van der Waals surface area contributed by atoms with Crippen molar-refractivity contribution in [2.45, 2.75) is 56.2 Å². The number of hydrogen-bond donors (Lipinski definition) is 2. The highest BCUT2D eigenvalue weighted by Gasteiger charge is 2.47. The second kappa shape index (κ2) is 12.4. The van der Waals surface area contributed by atoms with Crippen LogP contribution in [-0.2, 0) is 27.8 Å². The SMILES string of the molecule is COc1ccc(C[C@@H](NC(=O)CCc2c[nH]cn2)C(=O)N2CC(CCCC(F)(F)F)(c3ccccc3)C2)cc1. The number of likely N-dealkylation sites (tertiary alicyclic amines) is 1. The summed E-state index contributed by atoms with van der Waals surface area (Å²) in [6.07, 6.45) is -0.640. The molecule has 1 aliphatic rings. The fourth-order valence-corrected chi connectivity index (χ4v) is 5.10. The minimum Gasteiger partial charge on any atom is -0.497 e. The maximum atomic E-state index is 13.7. The predicted molar refractivity (Wildman–Crippen MR) is 140 cm³/mol. The third kappa shape index (κ3) is 7.61. The van der Waals surface area contributed by atoms with E-state index in [4.69, 9.17) is 4.74 Å². The lowest BCUT2D eigenvalue weighted by molar-refractivity contribution is -0.146. The van der Waals surface area contributed by atoms with Gasteiger partial charge in [0, 0.05) is 44.0 Å². The van der Waals surface area contributed by atoms with E-state index in [-0.39, 0.29) is 31.1 Å². The number of nitrogens with one attached hydrogen (secondary N) is 2. The second-order valence-corrected chi connectivity index (χ2v) is 10.0. The number of rotatable bonds is 12. The number of amides is 2. The molecule has 0 saturated carbocycles. The van der Waals surface area contributed by atoms with Crippen molar-refractivity contribution in [3.05, 3.63) is 83.9 Å². The van der Waals surface area contributed by atoms with E-state index in [1.165, 1.54) is 0 Å². The molecule has 0 spiro atoms. The lowest BCUT2D eigenvalue weighted by Crippen LogP contribution is -2.65. The monoisotopic (exact) mass is 542 g/mol. The topological polar surface area (TPSA) is 87.3 Å². The number of alkyl halides is 3. The maximum absolute atomic E-state index is 13.7. The quantitative estimate of drug-likeness (QED) is 0.351. The standard InChI is InChI=1S/C29H33F3N4O3/c1-39-24-11-8-21(9-12-24)16-25(35-26(37)13-10-23-17-33-20-34-23)27(38)36-18-28(19-36,14-5-15-29(30,31)32)22-6-3-2-4-7-22/h2-4,6-9,11-12,17,20,25H,5,10,13-16,18-19H2,1H3,(H,33,34)(H,35,37)/t25-/m1/s1. The molecule has 3 aromatic rings. The number of methoxy groups -OCH3 is 1. The van der Waals surface area contributed by atoms with Crippen molar-refractivity contribution in [3.8, 4) is 5.75 Å². The van der Waals surface area contributed by atoms with Gasteiger partial charge in [-0.25, -0.2) is 4.98 Å². The first-order valence-corrected chi connectivity index (χ1v) is 13.0. The van der Waals surface area contributed by atoms with Crippen LogP contribution in [0, 0.1) is 0 Å². The molecule has 7 nitrogen and oxygen atoms in total. The number of halogens is 3. The summed E-state index contributed by atoms with van der Waals surface area (Å²) in [5.74, 6) is 0.158. The first-order chi connectivity index (χ1) is 18.7. The van der Waals surface area contributed by atoms with Crippen LogP contribution in [0.2, 0.25) is 0 Å². The van der Waals surface area contributed by atoms with Crippen LogP contribution in [0.3, 0.4) is 0 Å². The van der Waals surface area contributed by atoms with Crippen LogP contribution in [0.5, 0.6) is 5.75 Å². The number of hydrogen-bond acceptors (Lipinski definition) is 4. The van der Waals surface area contributed by atoms with E-state index in [1.54, 1.807) is 36.7 Å². The van der Waals surface area contributed by atoms with Gasteiger partial charge in [0.25, 0.3) is 0 Å². The van der Waals surface area contributed by atoms with Gasteiger partial charge in [-0.3, -0.25) is 9.59 Å². The van der Waals surface area contributed by atoms with E-state index in [0.29, 0.717) is 31.7 Å². The molecule has 2 aromatic carbocycles. The number of ether oxygens (including phenoxy) is 1. The molecule has 208 valence electrons. The molecule has 1 aliphatic heterocycles. The van der Waals surface area contributed by atoms with Crippen LogP contribution in [0.25, 0.3) is 0 Å². The van der Waals surface area contributed by atoms with Gasteiger partial charge in [0.2, 0.25) is 11.8 Å². The molecule has 0 radical (unpaired) electrons. The Morgan fingerprint density at radius 1 is 1.13 bits per heavy atom. The van der Waals surface area contributed by atoms with Crippen molar-refractivity contribution in [3.63, 3.8) is 0 Å². The number of carbonyl (C=O) groups is 2. The van der Waals surface area contributed by atoms with Gasteiger partial charge in [0.1, 0.15) is 11.8 Å². The van der Waals surface area contributed by atoms with Crippen molar-refractivity contribution in [2.75, 3.05) is 20.2 Å². The molecule has 1 atom stereocenters. The summed E-state index contributed by atoms with van der Waals surface area (Å²) in [6, 6.07) is 15.8. The van der Waals surface area contributed by atoms with Gasteiger partial charge in [-0.1, -0.05) is 42.5 Å². The van der Waals surface area contributed by atoms with Crippen molar-refractivity contribution >= 4 is 11.8 Å². The van der Waals surface area contributed by atoms with Gasteiger partial charge in [-0.2, -0.15) is 13.2 Å². The number of aromatic nitrogens is 2. The molecule has 0 bridgehead atoms. The van der Waals surface area contributed by atoms with Crippen LogP contribution in [0.4, 0.5) is 13.2 Å². The van der Waals surface area contributed by atoms with Crippen molar-refractivity contribution in [1.29, 1.82) is 0 Å². The summed E-state index contributed by atoms with van der Waals surface area (Å²) in [6.45, 7) is 0.603. The molecule has 2 N–H and O–H groups in total. The molecule has 2 heterocycles. The minimum atomic E-state index is -4.22. The zero-order chi connectivity index (χ0) is 27.9. The summed E-state index contributed by atoms with van der Waals surface area (Å²) in [4.78, 5) is 35.1. The van der Waals surface area contributed by atoms with Crippen molar-refractivity contribution < 1.29 is 27.5 Å². The first kappa shape index (κ1) is 28.2. The van der Waals surface area contributed by atoms with Crippen LogP contribution < -0.4 is 10.1 Å². The van der Waals surface area contributed by atoms with Gasteiger partial charge in [-0.15, -0.1) is 0 Å². The zero-order valence-corrected chi connectivity index (χ0v) is 21.8. The summed E-state index contributed by atoms with van der Waals surface area (Å²) in [5.41, 5.74) is 1.97. The largest absolute Gasteiger partial charge is 0.497 e. The van der Waals surface area contributed by atoms with E-state index in [0.717, 1.165) is 16.8 Å². The van der Waals surface area contributed by atoms with E-state index in [2.05, 4.69) is 15.3 Å². The fraction of sp³-hybridized carbons (Fsp3) is 0.414. The second-order valence-electron chi connectivity index (χ2n) is 10.0. The summed E-state index contributed by atoms with van der Waals surface area (Å²) < 4.78 is 43.8. The molecule has 1 aromatic heterocycles. The lowest BCUT2D eigenvalue weighted by Gasteiger charge is -2.52. The zero-order valence-electron chi connectivity index (χ0n) is 21.8. The molecular formula is C29H33F3N4O3. The Hall–Kier alpha value is -3.82. The number of nitrogens with zero attached hydrogens (tertiary/aromatic N) is 2. The van der Waals surface area contributed by atoms with Gasteiger partial charge >= 0.3 is 6.18 Å². The van der Waals surface area contributed by atoms with Gasteiger partial charge in [0.15, 0.2) is 0 Å². The molecule has 0 unspecified atom stereocenters. The third-order valence-corrected chi connectivity index (χ3v) is 7.20.